The first-order chi connectivity index (χ1) is 8.82. The quantitative estimate of drug-likeness (QED) is 0.858. The van der Waals surface area contributed by atoms with Gasteiger partial charge >= 0.3 is 5.97 Å². The second-order valence-corrected chi connectivity index (χ2v) is 5.31. The van der Waals surface area contributed by atoms with E-state index in [1.807, 2.05) is 12.1 Å². The van der Waals surface area contributed by atoms with E-state index in [2.05, 4.69) is 19.2 Å². The lowest BCUT2D eigenvalue weighted by molar-refractivity contribution is -0.140. The molecule has 0 aliphatic heterocycles. The second kappa shape index (κ2) is 6.36. The van der Waals surface area contributed by atoms with Crippen LogP contribution < -0.4 is 5.32 Å². The third-order valence-corrected chi connectivity index (χ3v) is 3.06. The molecular weight excluding hydrogens is 242 g/mol. The minimum absolute atomic E-state index is 0.156. The molecule has 19 heavy (non-hydrogen) atoms. The van der Waals surface area contributed by atoms with E-state index in [4.69, 9.17) is 5.11 Å². The van der Waals surface area contributed by atoms with Crippen molar-refractivity contribution in [3.63, 3.8) is 0 Å². The Morgan fingerprint density at radius 3 is 1.95 bits per heavy atom. The summed E-state index contributed by atoms with van der Waals surface area (Å²) in [5.74, 6) is -1.12. The fourth-order valence-corrected chi connectivity index (χ4v) is 1.76. The van der Waals surface area contributed by atoms with Gasteiger partial charge in [0.05, 0.1) is 0 Å². The van der Waals surface area contributed by atoms with Gasteiger partial charge in [0.1, 0.15) is 6.04 Å². The number of carbonyl (C=O) groups is 2. The van der Waals surface area contributed by atoms with E-state index in [1.165, 1.54) is 0 Å². The van der Waals surface area contributed by atoms with Crippen molar-refractivity contribution in [2.24, 2.45) is 5.92 Å². The topological polar surface area (TPSA) is 66.4 Å². The monoisotopic (exact) mass is 263 g/mol. The number of hydrogen-bond donors (Lipinski definition) is 2. The lowest BCUT2D eigenvalue weighted by Crippen LogP contribution is -2.44. The summed E-state index contributed by atoms with van der Waals surface area (Å²) in [6.07, 6.45) is 0. The fourth-order valence-electron chi connectivity index (χ4n) is 1.76. The minimum Gasteiger partial charge on any atom is -0.480 e. The zero-order valence-corrected chi connectivity index (χ0v) is 11.8. The highest BCUT2D eigenvalue weighted by molar-refractivity contribution is 5.96. The van der Waals surface area contributed by atoms with Gasteiger partial charge in [-0.05, 0) is 29.5 Å². The number of carbonyl (C=O) groups excluding carboxylic acids is 1. The number of aliphatic carboxylic acids is 1. The molecule has 0 spiro atoms. The Morgan fingerprint density at radius 1 is 1.05 bits per heavy atom. The van der Waals surface area contributed by atoms with Crippen LogP contribution >= 0.6 is 0 Å². The van der Waals surface area contributed by atoms with Gasteiger partial charge in [0, 0.05) is 5.56 Å². The standard InChI is InChI=1S/C15H21NO3/c1-9(2)11-5-7-12(8-6-11)14(17)16-13(10(3)4)15(18)19/h5-10,13H,1-4H3,(H,16,17)(H,18,19)/t13-/m1/s1. The smallest absolute Gasteiger partial charge is 0.326 e. The van der Waals surface area contributed by atoms with Gasteiger partial charge in [-0.2, -0.15) is 0 Å². The number of carboxylic acids is 1. The molecule has 4 nitrogen and oxygen atoms in total. The van der Waals surface area contributed by atoms with Crippen LogP contribution in [0.4, 0.5) is 0 Å². The van der Waals surface area contributed by atoms with Gasteiger partial charge in [-0.25, -0.2) is 4.79 Å². The molecule has 0 aliphatic carbocycles. The van der Waals surface area contributed by atoms with E-state index in [0.29, 0.717) is 11.5 Å². The second-order valence-electron chi connectivity index (χ2n) is 5.31. The van der Waals surface area contributed by atoms with Crippen LogP contribution in [-0.2, 0) is 4.79 Å². The average molecular weight is 263 g/mol. The first-order valence-corrected chi connectivity index (χ1v) is 6.46. The van der Waals surface area contributed by atoms with E-state index in [-0.39, 0.29) is 11.8 Å². The molecule has 0 radical (unpaired) electrons. The summed E-state index contributed by atoms with van der Waals surface area (Å²) in [5.41, 5.74) is 1.63. The molecule has 1 rings (SSSR count). The van der Waals surface area contributed by atoms with Crippen LogP contribution in [0.3, 0.4) is 0 Å². The minimum atomic E-state index is -1.01. The summed E-state index contributed by atoms with van der Waals surface area (Å²) in [7, 11) is 0. The van der Waals surface area contributed by atoms with Crippen molar-refractivity contribution in [3.05, 3.63) is 35.4 Å². The SMILES string of the molecule is CC(C)c1ccc(C(=O)N[C@@H](C(=O)O)C(C)C)cc1. The van der Waals surface area contributed by atoms with Gasteiger partial charge in [0.2, 0.25) is 0 Å². The van der Waals surface area contributed by atoms with Gasteiger partial charge < -0.3 is 10.4 Å². The molecule has 1 amide bonds. The van der Waals surface area contributed by atoms with Gasteiger partial charge in [0.15, 0.2) is 0 Å². The number of benzene rings is 1. The highest BCUT2D eigenvalue weighted by Gasteiger charge is 2.23. The molecule has 1 aromatic rings. The fraction of sp³-hybridized carbons (Fsp3) is 0.467. The van der Waals surface area contributed by atoms with Crippen molar-refractivity contribution in [2.75, 3.05) is 0 Å². The van der Waals surface area contributed by atoms with Crippen molar-refractivity contribution in [1.29, 1.82) is 0 Å². The molecule has 0 fully saturated rings. The van der Waals surface area contributed by atoms with Crippen molar-refractivity contribution < 1.29 is 14.7 Å². The molecule has 4 heteroatoms. The lowest BCUT2D eigenvalue weighted by Gasteiger charge is -2.18. The normalized spacial score (nSPS) is 12.5. The van der Waals surface area contributed by atoms with Crippen LogP contribution in [-0.4, -0.2) is 23.0 Å². The summed E-state index contributed by atoms with van der Waals surface area (Å²) >= 11 is 0. The van der Waals surface area contributed by atoms with E-state index < -0.39 is 12.0 Å². The van der Waals surface area contributed by atoms with E-state index in [9.17, 15) is 9.59 Å². The number of amides is 1. The van der Waals surface area contributed by atoms with E-state index >= 15 is 0 Å². The summed E-state index contributed by atoms with van der Waals surface area (Å²) in [4.78, 5) is 23.0. The predicted octanol–water partition coefficient (Wildman–Crippen LogP) is 2.65. The van der Waals surface area contributed by atoms with Crippen molar-refractivity contribution >= 4 is 11.9 Å². The highest BCUT2D eigenvalue weighted by Crippen LogP contribution is 2.15. The van der Waals surface area contributed by atoms with Crippen LogP contribution in [0.25, 0.3) is 0 Å². The maximum absolute atomic E-state index is 12.0. The number of rotatable bonds is 5. The van der Waals surface area contributed by atoms with Gasteiger partial charge in [-0.3, -0.25) is 4.79 Å². The first-order valence-electron chi connectivity index (χ1n) is 6.46. The Hall–Kier alpha value is -1.84. The molecule has 0 saturated heterocycles. The Bertz CT molecular complexity index is 449. The Kier molecular flexibility index (Phi) is 5.10. The van der Waals surface area contributed by atoms with Crippen LogP contribution in [0.1, 0.15) is 49.5 Å². The summed E-state index contributed by atoms with van der Waals surface area (Å²) in [5, 5.41) is 11.6. The summed E-state index contributed by atoms with van der Waals surface area (Å²) < 4.78 is 0. The lowest BCUT2D eigenvalue weighted by atomic mass is 10.0. The van der Waals surface area contributed by atoms with E-state index in [0.717, 1.165) is 5.56 Å². The highest BCUT2D eigenvalue weighted by atomic mass is 16.4. The molecule has 0 bridgehead atoms. The average Bonchev–Trinajstić information content (AvgIpc) is 2.34. The van der Waals surface area contributed by atoms with Crippen LogP contribution in [0, 0.1) is 5.92 Å². The molecule has 0 heterocycles. The third kappa shape index (κ3) is 4.09. The molecule has 2 N–H and O–H groups in total. The summed E-state index contributed by atoms with van der Waals surface area (Å²) in [6, 6.07) is 6.38. The van der Waals surface area contributed by atoms with E-state index in [1.54, 1.807) is 26.0 Å². The molecular formula is C15H21NO3. The van der Waals surface area contributed by atoms with Crippen molar-refractivity contribution in [2.45, 2.75) is 39.7 Å². The molecule has 1 aromatic carbocycles. The molecule has 0 saturated carbocycles. The Morgan fingerprint density at radius 2 is 1.58 bits per heavy atom. The molecule has 0 aliphatic rings. The van der Waals surface area contributed by atoms with Crippen LogP contribution in [0.2, 0.25) is 0 Å². The van der Waals surface area contributed by atoms with Gasteiger partial charge in [-0.1, -0.05) is 39.8 Å². The Labute approximate surface area is 113 Å². The van der Waals surface area contributed by atoms with Gasteiger partial charge in [0.25, 0.3) is 5.91 Å². The number of carboxylic acid groups (broad SMARTS) is 1. The maximum Gasteiger partial charge on any atom is 0.326 e. The van der Waals surface area contributed by atoms with Crippen molar-refractivity contribution in [3.8, 4) is 0 Å². The predicted molar refractivity (Wildman–Crippen MR) is 74.3 cm³/mol. The molecule has 104 valence electrons. The first kappa shape index (κ1) is 15.2. The zero-order chi connectivity index (χ0) is 14.6. The molecule has 0 aromatic heterocycles. The molecule has 0 unspecified atom stereocenters. The Balaban J connectivity index is 2.80. The third-order valence-electron chi connectivity index (χ3n) is 3.06. The van der Waals surface area contributed by atoms with Crippen LogP contribution in [0.15, 0.2) is 24.3 Å². The van der Waals surface area contributed by atoms with Crippen LogP contribution in [0.5, 0.6) is 0 Å². The number of hydrogen-bond acceptors (Lipinski definition) is 2. The maximum atomic E-state index is 12.0. The largest absolute Gasteiger partial charge is 0.480 e. The zero-order valence-electron chi connectivity index (χ0n) is 11.8. The van der Waals surface area contributed by atoms with Gasteiger partial charge in [-0.15, -0.1) is 0 Å². The summed E-state index contributed by atoms with van der Waals surface area (Å²) in [6.45, 7) is 7.68. The van der Waals surface area contributed by atoms with Crippen molar-refractivity contribution in [1.82, 2.24) is 5.32 Å². The number of nitrogens with one attached hydrogen (secondary N) is 1. The molecule has 1 atom stereocenters.